The van der Waals surface area contributed by atoms with Gasteiger partial charge in [-0.3, -0.25) is 4.90 Å². The Morgan fingerprint density at radius 2 is 1.87 bits per heavy atom. The second kappa shape index (κ2) is 14.4. The molecule has 1 aromatic rings. The van der Waals surface area contributed by atoms with Gasteiger partial charge in [0.2, 0.25) is 0 Å². The highest BCUT2D eigenvalue weighted by Crippen LogP contribution is 2.24. The number of alkyl halides is 3. The van der Waals surface area contributed by atoms with Gasteiger partial charge in [0.15, 0.2) is 0 Å². The van der Waals surface area contributed by atoms with Crippen molar-refractivity contribution in [2.45, 2.75) is 31.6 Å². The average Bonchev–Trinajstić information content (AvgIpc) is 3.18. The number of hydrogen-bond acceptors (Lipinski definition) is 6. The van der Waals surface area contributed by atoms with Crippen LogP contribution in [0.3, 0.4) is 0 Å². The van der Waals surface area contributed by atoms with Gasteiger partial charge in [-0.25, -0.2) is 9.59 Å². The number of nitrogens with zero attached hydrogens (tertiary/aromatic N) is 1. The summed E-state index contributed by atoms with van der Waals surface area (Å²) in [7, 11) is 3.50. The highest BCUT2D eigenvalue weighted by atomic mass is 33.1. The highest BCUT2D eigenvalue weighted by molar-refractivity contribution is 8.76. The summed E-state index contributed by atoms with van der Waals surface area (Å²) in [5, 5.41) is 13.1. The second-order valence-corrected chi connectivity index (χ2v) is 9.41. The van der Waals surface area contributed by atoms with E-state index in [0.717, 1.165) is 31.0 Å². The lowest BCUT2D eigenvalue weighted by atomic mass is 10.1. The summed E-state index contributed by atoms with van der Waals surface area (Å²) in [5.74, 6) is -0.901. The minimum atomic E-state index is -5.08. The Morgan fingerprint density at radius 3 is 2.45 bits per heavy atom. The van der Waals surface area contributed by atoms with E-state index in [2.05, 4.69) is 46.7 Å². The number of aliphatic carboxylic acids is 1. The molecule has 2 rings (SSSR count). The van der Waals surface area contributed by atoms with Gasteiger partial charge in [0.1, 0.15) is 0 Å². The molecule has 0 aromatic heterocycles. The van der Waals surface area contributed by atoms with Gasteiger partial charge in [0.05, 0.1) is 0 Å². The predicted octanol–water partition coefficient (Wildman–Crippen LogP) is 3.09. The highest BCUT2D eigenvalue weighted by Gasteiger charge is 2.38. The Hall–Kier alpha value is -1.63. The molecule has 0 radical (unpaired) electrons. The molecule has 2 unspecified atom stereocenters. The van der Waals surface area contributed by atoms with Crippen molar-refractivity contribution >= 4 is 33.6 Å². The van der Waals surface area contributed by atoms with Gasteiger partial charge >= 0.3 is 18.2 Å². The Kier molecular flexibility index (Phi) is 12.8. The van der Waals surface area contributed by atoms with E-state index >= 15 is 0 Å². The van der Waals surface area contributed by atoms with Crippen molar-refractivity contribution in [2.24, 2.45) is 5.73 Å². The number of hydrogen-bond donors (Lipinski definition) is 4. The minimum Gasteiger partial charge on any atom is -0.475 e. The van der Waals surface area contributed by atoms with E-state index in [1.807, 2.05) is 6.07 Å². The molecule has 1 aliphatic heterocycles. The SMILES string of the molecule is CC(c1ccccc1)N1CCC(NC(=O)NCCSSCCN)C1.O=C(O)C(F)(F)F. The molecule has 176 valence electrons. The molecule has 31 heavy (non-hydrogen) atoms. The van der Waals surface area contributed by atoms with Crippen molar-refractivity contribution in [1.82, 2.24) is 15.5 Å². The first-order valence-electron chi connectivity index (χ1n) is 9.73. The Morgan fingerprint density at radius 1 is 1.26 bits per heavy atom. The lowest BCUT2D eigenvalue weighted by molar-refractivity contribution is -0.192. The van der Waals surface area contributed by atoms with Crippen molar-refractivity contribution in [1.29, 1.82) is 0 Å². The molecule has 0 spiro atoms. The summed E-state index contributed by atoms with van der Waals surface area (Å²) >= 11 is 0. The molecule has 1 aromatic carbocycles. The van der Waals surface area contributed by atoms with Gasteiger partial charge in [-0.05, 0) is 18.9 Å². The molecular formula is C19H29F3N4O3S2. The molecule has 0 aliphatic carbocycles. The van der Waals surface area contributed by atoms with Gasteiger partial charge in [-0.15, -0.1) is 0 Å². The van der Waals surface area contributed by atoms with Gasteiger partial charge in [0.25, 0.3) is 0 Å². The van der Waals surface area contributed by atoms with Crippen molar-refractivity contribution in [3.05, 3.63) is 35.9 Å². The monoisotopic (exact) mass is 482 g/mol. The Bertz CT molecular complexity index is 669. The molecule has 5 N–H and O–H groups in total. The normalized spacial score (nSPS) is 17.4. The topological polar surface area (TPSA) is 108 Å². The molecule has 1 fully saturated rings. The van der Waals surface area contributed by atoms with Crippen LogP contribution in [0, 0.1) is 0 Å². The third-order valence-electron chi connectivity index (χ3n) is 4.38. The van der Waals surface area contributed by atoms with Crippen molar-refractivity contribution in [3.8, 4) is 0 Å². The van der Waals surface area contributed by atoms with E-state index in [4.69, 9.17) is 15.6 Å². The molecular weight excluding hydrogens is 453 g/mol. The van der Waals surface area contributed by atoms with Crippen LogP contribution in [0.4, 0.5) is 18.0 Å². The first-order chi connectivity index (χ1) is 14.6. The first kappa shape index (κ1) is 27.4. The van der Waals surface area contributed by atoms with Gasteiger partial charge in [-0.2, -0.15) is 13.2 Å². The van der Waals surface area contributed by atoms with Crippen molar-refractivity contribution in [2.75, 3.05) is 37.7 Å². The summed E-state index contributed by atoms with van der Waals surface area (Å²) in [6.45, 7) is 5.54. The molecule has 7 nitrogen and oxygen atoms in total. The molecule has 2 atom stereocenters. The average molecular weight is 483 g/mol. The quantitative estimate of drug-likeness (QED) is 0.316. The van der Waals surface area contributed by atoms with E-state index in [9.17, 15) is 18.0 Å². The summed E-state index contributed by atoms with van der Waals surface area (Å²) in [6, 6.07) is 11.1. The Labute approximate surface area is 188 Å². The maximum absolute atomic E-state index is 12.0. The third kappa shape index (κ3) is 11.5. The maximum Gasteiger partial charge on any atom is 0.490 e. The zero-order valence-electron chi connectivity index (χ0n) is 17.2. The van der Waals surface area contributed by atoms with Crippen LogP contribution >= 0.6 is 21.6 Å². The van der Waals surface area contributed by atoms with Crippen LogP contribution in [0.1, 0.15) is 24.9 Å². The largest absolute Gasteiger partial charge is 0.490 e. The summed E-state index contributed by atoms with van der Waals surface area (Å²) in [5.41, 5.74) is 6.76. The number of carboxylic acids is 1. The number of carbonyl (C=O) groups excluding carboxylic acids is 1. The molecule has 12 heteroatoms. The zero-order chi connectivity index (χ0) is 23.3. The van der Waals surface area contributed by atoms with Crippen molar-refractivity contribution in [3.63, 3.8) is 0 Å². The zero-order valence-corrected chi connectivity index (χ0v) is 18.9. The summed E-state index contributed by atoms with van der Waals surface area (Å²) < 4.78 is 31.7. The van der Waals surface area contributed by atoms with Crippen LogP contribution in [-0.2, 0) is 4.79 Å². The predicted molar refractivity (Wildman–Crippen MR) is 119 cm³/mol. The number of amides is 2. The van der Waals surface area contributed by atoms with Crippen LogP contribution in [0.5, 0.6) is 0 Å². The lowest BCUT2D eigenvalue weighted by Gasteiger charge is -2.24. The van der Waals surface area contributed by atoms with Crippen LogP contribution in [-0.4, -0.2) is 71.9 Å². The van der Waals surface area contributed by atoms with E-state index in [0.29, 0.717) is 19.1 Å². The fourth-order valence-electron chi connectivity index (χ4n) is 2.81. The third-order valence-corrected chi connectivity index (χ3v) is 6.82. The number of likely N-dealkylation sites (tertiary alicyclic amines) is 1. The first-order valence-corrected chi connectivity index (χ1v) is 12.2. The van der Waals surface area contributed by atoms with Crippen LogP contribution in [0.15, 0.2) is 30.3 Å². The number of urea groups is 1. The van der Waals surface area contributed by atoms with E-state index < -0.39 is 12.1 Å². The van der Waals surface area contributed by atoms with E-state index in [1.165, 1.54) is 5.56 Å². The number of benzene rings is 1. The van der Waals surface area contributed by atoms with Gasteiger partial charge in [0, 0.05) is 49.8 Å². The number of rotatable bonds is 9. The number of carboxylic acid groups (broad SMARTS) is 1. The van der Waals surface area contributed by atoms with Crippen LogP contribution < -0.4 is 16.4 Å². The van der Waals surface area contributed by atoms with Crippen LogP contribution in [0.2, 0.25) is 0 Å². The standard InChI is InChI=1S/C17H28N4OS2.C2HF3O2/c1-14(15-5-3-2-4-6-15)21-10-7-16(13-21)20-17(22)19-9-12-24-23-11-8-18;3-2(4,5)1(6)7/h2-6,14,16H,7-13,18H2,1H3,(H2,19,20,22);(H,6,7). The second-order valence-electron chi connectivity index (χ2n) is 6.70. The molecule has 2 amide bonds. The number of nitrogens with one attached hydrogen (secondary N) is 2. The fraction of sp³-hybridized carbons (Fsp3) is 0.579. The molecule has 1 heterocycles. The summed E-state index contributed by atoms with van der Waals surface area (Å²) in [4.78, 5) is 23.3. The molecule has 1 saturated heterocycles. The van der Waals surface area contributed by atoms with Crippen molar-refractivity contribution < 1.29 is 27.9 Å². The van der Waals surface area contributed by atoms with Crippen LogP contribution in [0.25, 0.3) is 0 Å². The number of carbonyl (C=O) groups is 2. The molecule has 0 bridgehead atoms. The van der Waals surface area contributed by atoms with E-state index in [1.54, 1.807) is 21.6 Å². The molecule has 0 saturated carbocycles. The van der Waals surface area contributed by atoms with E-state index in [-0.39, 0.29) is 12.1 Å². The molecule has 1 aliphatic rings. The summed E-state index contributed by atoms with van der Waals surface area (Å²) in [6.07, 6.45) is -4.08. The minimum absolute atomic E-state index is 0.0568. The number of nitrogens with two attached hydrogens (primary N) is 1. The maximum atomic E-state index is 12.0. The van der Waals surface area contributed by atoms with Gasteiger partial charge in [-0.1, -0.05) is 51.9 Å². The smallest absolute Gasteiger partial charge is 0.475 e. The number of halogens is 3. The fourth-order valence-corrected chi connectivity index (χ4v) is 4.57. The lowest BCUT2D eigenvalue weighted by Crippen LogP contribution is -2.44. The Balaban J connectivity index is 0.000000592. The van der Waals surface area contributed by atoms with Gasteiger partial charge < -0.3 is 21.5 Å².